The average molecular weight is 277 g/mol. The largest absolute Gasteiger partial charge is 0.330 e. The molecule has 7 heteroatoms. The number of rotatable bonds is 4. The lowest BCUT2D eigenvalue weighted by molar-refractivity contribution is -0.120. The molecule has 4 N–H and O–H groups in total. The standard InChI is InChI=1S/C12H15N5OS/c1-7-3-4-8(2)9(5-7)14-12-17-16-11(19-12)6-10(18)15-13/h3-5H,6,13H2,1-2H3,(H,14,17)(H,15,18). The molecule has 0 atom stereocenters. The van der Waals surface area contributed by atoms with Gasteiger partial charge >= 0.3 is 0 Å². The molecule has 0 spiro atoms. The predicted octanol–water partition coefficient (Wildman–Crippen LogP) is 1.43. The minimum Gasteiger partial charge on any atom is -0.330 e. The molecule has 1 heterocycles. The highest BCUT2D eigenvalue weighted by Gasteiger charge is 2.09. The molecule has 0 radical (unpaired) electrons. The number of nitrogens with one attached hydrogen (secondary N) is 2. The van der Waals surface area contributed by atoms with Crippen molar-refractivity contribution in [1.29, 1.82) is 0 Å². The van der Waals surface area contributed by atoms with Gasteiger partial charge in [0.1, 0.15) is 5.01 Å². The number of nitrogens with zero attached hydrogens (tertiary/aromatic N) is 2. The van der Waals surface area contributed by atoms with Gasteiger partial charge in [0, 0.05) is 5.69 Å². The Balaban J connectivity index is 2.11. The first-order valence-electron chi connectivity index (χ1n) is 5.74. The van der Waals surface area contributed by atoms with Gasteiger partial charge in [-0.15, -0.1) is 10.2 Å². The van der Waals surface area contributed by atoms with E-state index in [2.05, 4.69) is 27.0 Å². The smallest absolute Gasteiger partial charge is 0.240 e. The maximum Gasteiger partial charge on any atom is 0.240 e. The van der Waals surface area contributed by atoms with Crippen molar-refractivity contribution >= 4 is 28.1 Å². The summed E-state index contributed by atoms with van der Waals surface area (Å²) in [5.41, 5.74) is 5.35. The van der Waals surface area contributed by atoms with Gasteiger partial charge in [0.2, 0.25) is 11.0 Å². The van der Waals surface area contributed by atoms with E-state index in [1.165, 1.54) is 16.9 Å². The van der Waals surface area contributed by atoms with Gasteiger partial charge in [-0.2, -0.15) is 0 Å². The molecule has 1 amide bonds. The van der Waals surface area contributed by atoms with Crippen LogP contribution in [0.3, 0.4) is 0 Å². The van der Waals surface area contributed by atoms with Gasteiger partial charge in [0.15, 0.2) is 0 Å². The van der Waals surface area contributed by atoms with Crippen LogP contribution in [-0.2, 0) is 11.2 Å². The summed E-state index contributed by atoms with van der Waals surface area (Å²) >= 11 is 1.34. The molecule has 0 aliphatic heterocycles. The quantitative estimate of drug-likeness (QED) is 0.446. The highest BCUT2D eigenvalue weighted by atomic mass is 32.1. The fourth-order valence-electron chi connectivity index (χ4n) is 1.55. The van der Waals surface area contributed by atoms with E-state index < -0.39 is 0 Å². The van der Waals surface area contributed by atoms with Crippen molar-refractivity contribution in [3.63, 3.8) is 0 Å². The molecule has 0 unspecified atom stereocenters. The van der Waals surface area contributed by atoms with E-state index in [4.69, 9.17) is 5.84 Å². The fraction of sp³-hybridized carbons (Fsp3) is 0.250. The van der Waals surface area contributed by atoms with Gasteiger partial charge in [-0.1, -0.05) is 23.5 Å². The van der Waals surface area contributed by atoms with Crippen LogP contribution in [0.15, 0.2) is 18.2 Å². The molecule has 0 aliphatic carbocycles. The third-order valence-corrected chi connectivity index (χ3v) is 3.41. The lowest BCUT2D eigenvalue weighted by atomic mass is 10.1. The topological polar surface area (TPSA) is 92.9 Å². The number of aryl methyl sites for hydroxylation is 2. The molecular formula is C12H15N5OS. The molecule has 0 saturated heterocycles. The lowest BCUT2D eigenvalue weighted by Gasteiger charge is -2.06. The van der Waals surface area contributed by atoms with Crippen LogP contribution in [0.25, 0.3) is 0 Å². The summed E-state index contributed by atoms with van der Waals surface area (Å²) in [7, 11) is 0. The molecule has 19 heavy (non-hydrogen) atoms. The van der Waals surface area contributed by atoms with Crippen molar-refractivity contribution in [2.75, 3.05) is 5.32 Å². The van der Waals surface area contributed by atoms with Gasteiger partial charge in [-0.05, 0) is 31.0 Å². The van der Waals surface area contributed by atoms with Crippen molar-refractivity contribution in [3.8, 4) is 0 Å². The predicted molar refractivity (Wildman–Crippen MR) is 75.1 cm³/mol. The molecule has 100 valence electrons. The highest BCUT2D eigenvalue weighted by Crippen LogP contribution is 2.24. The molecule has 6 nitrogen and oxygen atoms in total. The Hall–Kier alpha value is -1.99. The van der Waals surface area contributed by atoms with Crippen LogP contribution in [-0.4, -0.2) is 16.1 Å². The van der Waals surface area contributed by atoms with E-state index in [-0.39, 0.29) is 12.3 Å². The van der Waals surface area contributed by atoms with E-state index >= 15 is 0 Å². The molecular weight excluding hydrogens is 262 g/mol. The Morgan fingerprint density at radius 1 is 1.37 bits per heavy atom. The Bertz CT molecular complexity index is 596. The summed E-state index contributed by atoms with van der Waals surface area (Å²) in [5, 5.41) is 12.4. The minimum atomic E-state index is -0.283. The summed E-state index contributed by atoms with van der Waals surface area (Å²) in [6.07, 6.45) is 0.142. The van der Waals surface area contributed by atoms with Gasteiger partial charge in [0.25, 0.3) is 0 Å². The van der Waals surface area contributed by atoms with Crippen LogP contribution >= 0.6 is 11.3 Å². The van der Waals surface area contributed by atoms with Gasteiger partial charge in [-0.25, -0.2) is 5.84 Å². The second-order valence-electron chi connectivity index (χ2n) is 4.19. The first-order chi connectivity index (χ1) is 9.08. The van der Waals surface area contributed by atoms with Gasteiger partial charge in [-0.3, -0.25) is 10.2 Å². The first kappa shape index (κ1) is 13.4. The van der Waals surface area contributed by atoms with E-state index in [1.807, 2.05) is 26.0 Å². The van der Waals surface area contributed by atoms with E-state index in [9.17, 15) is 4.79 Å². The number of hydrogen-bond acceptors (Lipinski definition) is 6. The normalized spacial score (nSPS) is 10.3. The van der Waals surface area contributed by atoms with E-state index in [1.54, 1.807) is 0 Å². The highest BCUT2D eigenvalue weighted by molar-refractivity contribution is 7.15. The monoisotopic (exact) mass is 277 g/mol. The first-order valence-corrected chi connectivity index (χ1v) is 6.56. The van der Waals surface area contributed by atoms with Crippen LogP contribution in [0, 0.1) is 13.8 Å². The van der Waals surface area contributed by atoms with Crippen molar-refractivity contribution in [2.45, 2.75) is 20.3 Å². The zero-order valence-electron chi connectivity index (χ0n) is 10.7. The Morgan fingerprint density at radius 2 is 2.16 bits per heavy atom. The zero-order valence-corrected chi connectivity index (χ0v) is 11.5. The van der Waals surface area contributed by atoms with Crippen molar-refractivity contribution in [3.05, 3.63) is 34.3 Å². The van der Waals surface area contributed by atoms with Crippen LogP contribution in [0.1, 0.15) is 16.1 Å². The summed E-state index contributed by atoms with van der Waals surface area (Å²) in [6, 6.07) is 6.14. The number of anilines is 2. The SMILES string of the molecule is Cc1ccc(C)c(Nc2nnc(CC(=O)NN)s2)c1. The lowest BCUT2D eigenvalue weighted by Crippen LogP contribution is -2.31. The van der Waals surface area contributed by atoms with Crippen molar-refractivity contribution in [1.82, 2.24) is 15.6 Å². The number of hydrogen-bond donors (Lipinski definition) is 3. The third-order valence-electron chi connectivity index (χ3n) is 2.57. The summed E-state index contributed by atoms with van der Waals surface area (Å²) in [6.45, 7) is 4.05. The van der Waals surface area contributed by atoms with E-state index in [0.29, 0.717) is 10.1 Å². The molecule has 1 aromatic heterocycles. The number of carbonyl (C=O) groups is 1. The summed E-state index contributed by atoms with van der Waals surface area (Å²) in [4.78, 5) is 11.1. The Morgan fingerprint density at radius 3 is 2.89 bits per heavy atom. The van der Waals surface area contributed by atoms with Crippen LogP contribution in [0.5, 0.6) is 0 Å². The maximum absolute atomic E-state index is 11.1. The molecule has 1 aromatic carbocycles. The van der Waals surface area contributed by atoms with E-state index in [0.717, 1.165) is 11.3 Å². The molecule has 0 saturated carbocycles. The Kier molecular flexibility index (Phi) is 4.08. The van der Waals surface area contributed by atoms with Crippen molar-refractivity contribution < 1.29 is 4.79 Å². The average Bonchev–Trinajstić information content (AvgIpc) is 2.81. The zero-order chi connectivity index (χ0) is 13.8. The molecule has 0 aliphatic rings. The van der Waals surface area contributed by atoms with Gasteiger partial charge < -0.3 is 5.32 Å². The van der Waals surface area contributed by atoms with Crippen LogP contribution in [0.2, 0.25) is 0 Å². The summed E-state index contributed by atoms with van der Waals surface area (Å²) < 4.78 is 0. The molecule has 0 bridgehead atoms. The molecule has 0 fully saturated rings. The van der Waals surface area contributed by atoms with Crippen LogP contribution in [0.4, 0.5) is 10.8 Å². The second-order valence-corrected chi connectivity index (χ2v) is 5.25. The molecule has 2 aromatic rings. The summed E-state index contributed by atoms with van der Waals surface area (Å²) in [5.74, 6) is 4.75. The Labute approximate surface area is 115 Å². The number of amides is 1. The third kappa shape index (κ3) is 3.49. The van der Waals surface area contributed by atoms with Crippen LogP contribution < -0.4 is 16.6 Å². The molecule has 2 rings (SSSR count). The number of nitrogens with two attached hydrogens (primary N) is 1. The number of aromatic nitrogens is 2. The maximum atomic E-state index is 11.1. The van der Waals surface area contributed by atoms with Gasteiger partial charge in [0.05, 0.1) is 6.42 Å². The number of carbonyl (C=O) groups excluding carboxylic acids is 1. The number of hydrazine groups is 1. The fourth-order valence-corrected chi connectivity index (χ4v) is 2.30. The second kappa shape index (κ2) is 5.77. The minimum absolute atomic E-state index is 0.142. The van der Waals surface area contributed by atoms with Crippen molar-refractivity contribution in [2.24, 2.45) is 5.84 Å². The number of benzene rings is 1.